The lowest BCUT2D eigenvalue weighted by Gasteiger charge is -2.29. The second-order valence-corrected chi connectivity index (χ2v) is 7.02. The van der Waals surface area contributed by atoms with Crippen LogP contribution in [-0.2, 0) is 4.79 Å². The molecule has 1 N–H and O–H groups in total. The molecule has 1 unspecified atom stereocenters. The highest BCUT2D eigenvalue weighted by molar-refractivity contribution is 5.70. The van der Waals surface area contributed by atoms with Crippen LogP contribution in [0.15, 0.2) is 72.8 Å². The third kappa shape index (κ3) is 5.06. The first-order chi connectivity index (χ1) is 12.7. The number of benzene rings is 2. The molecule has 2 aromatic rings. The van der Waals surface area contributed by atoms with Crippen molar-refractivity contribution < 1.29 is 9.90 Å². The molecule has 0 bridgehead atoms. The van der Waals surface area contributed by atoms with E-state index in [1.165, 1.54) is 11.1 Å². The van der Waals surface area contributed by atoms with Crippen molar-refractivity contribution in [2.45, 2.75) is 25.2 Å². The Morgan fingerprint density at radius 2 is 1.65 bits per heavy atom. The van der Waals surface area contributed by atoms with Crippen LogP contribution < -0.4 is 0 Å². The number of piperidine rings is 1. The number of rotatable bonds is 7. The summed E-state index contributed by atoms with van der Waals surface area (Å²) in [7, 11) is 0. The van der Waals surface area contributed by atoms with Crippen molar-refractivity contribution >= 4 is 5.97 Å². The minimum atomic E-state index is -0.660. The van der Waals surface area contributed by atoms with Gasteiger partial charge in [0.2, 0.25) is 0 Å². The molecule has 1 saturated heterocycles. The largest absolute Gasteiger partial charge is 0.481 e. The standard InChI is InChI=1S/C23H27NO2/c25-23(26)21-14-9-17-24(18-21)16-8-7-15-22(19-10-3-1-4-11-19)20-12-5-2-6-13-20/h1-8,10-13,21-22H,9,14-18H2,(H,25,26)/b8-7+. The molecule has 0 radical (unpaired) electrons. The fourth-order valence-corrected chi connectivity index (χ4v) is 3.71. The average Bonchev–Trinajstić information content (AvgIpc) is 2.69. The lowest BCUT2D eigenvalue weighted by molar-refractivity contribution is -0.143. The van der Waals surface area contributed by atoms with Gasteiger partial charge in [0.05, 0.1) is 5.92 Å². The molecule has 2 aromatic carbocycles. The normalized spacial score (nSPS) is 18.4. The fraction of sp³-hybridized carbons (Fsp3) is 0.348. The van der Waals surface area contributed by atoms with Gasteiger partial charge < -0.3 is 5.11 Å². The highest BCUT2D eigenvalue weighted by Crippen LogP contribution is 2.28. The lowest BCUT2D eigenvalue weighted by Crippen LogP contribution is -2.38. The predicted molar refractivity (Wildman–Crippen MR) is 105 cm³/mol. The molecule has 0 aromatic heterocycles. The molecule has 3 rings (SSSR count). The monoisotopic (exact) mass is 349 g/mol. The first-order valence-electron chi connectivity index (χ1n) is 9.44. The fourth-order valence-electron chi connectivity index (χ4n) is 3.71. The highest BCUT2D eigenvalue weighted by atomic mass is 16.4. The quantitative estimate of drug-likeness (QED) is 0.745. The summed E-state index contributed by atoms with van der Waals surface area (Å²) in [5, 5.41) is 9.21. The second-order valence-electron chi connectivity index (χ2n) is 7.02. The Balaban J connectivity index is 1.61. The van der Waals surface area contributed by atoms with Gasteiger partial charge in [0.1, 0.15) is 0 Å². The maximum absolute atomic E-state index is 11.2. The number of allylic oxidation sites excluding steroid dienone is 1. The van der Waals surface area contributed by atoms with Crippen LogP contribution in [0.5, 0.6) is 0 Å². The maximum atomic E-state index is 11.2. The van der Waals surface area contributed by atoms with Crippen LogP contribution in [-0.4, -0.2) is 35.6 Å². The van der Waals surface area contributed by atoms with Crippen molar-refractivity contribution in [1.29, 1.82) is 0 Å². The van der Waals surface area contributed by atoms with Crippen LogP contribution in [0.3, 0.4) is 0 Å². The zero-order valence-electron chi connectivity index (χ0n) is 15.1. The smallest absolute Gasteiger partial charge is 0.307 e. The summed E-state index contributed by atoms with van der Waals surface area (Å²) in [5.74, 6) is -0.521. The van der Waals surface area contributed by atoms with Crippen LogP contribution in [0.1, 0.15) is 36.3 Å². The molecule has 0 spiro atoms. The molecule has 1 atom stereocenters. The number of nitrogens with zero attached hydrogens (tertiary/aromatic N) is 1. The van der Waals surface area contributed by atoms with Gasteiger partial charge >= 0.3 is 5.97 Å². The third-order valence-electron chi connectivity index (χ3n) is 5.16. The maximum Gasteiger partial charge on any atom is 0.307 e. The average molecular weight is 349 g/mol. The Morgan fingerprint density at radius 1 is 1.04 bits per heavy atom. The third-order valence-corrected chi connectivity index (χ3v) is 5.16. The molecule has 1 aliphatic heterocycles. The van der Waals surface area contributed by atoms with E-state index in [0.717, 1.165) is 32.4 Å². The summed E-state index contributed by atoms with van der Waals surface area (Å²) in [5.41, 5.74) is 2.65. The number of carboxylic acid groups (broad SMARTS) is 1. The molecule has 3 heteroatoms. The van der Waals surface area contributed by atoms with Gasteiger partial charge in [-0.05, 0) is 36.9 Å². The van der Waals surface area contributed by atoms with E-state index in [9.17, 15) is 9.90 Å². The van der Waals surface area contributed by atoms with Crippen molar-refractivity contribution in [3.05, 3.63) is 83.9 Å². The van der Waals surface area contributed by atoms with Gasteiger partial charge in [-0.1, -0.05) is 72.8 Å². The Bertz CT molecular complexity index is 672. The molecule has 0 aliphatic carbocycles. The topological polar surface area (TPSA) is 40.5 Å². The first-order valence-corrected chi connectivity index (χ1v) is 9.44. The van der Waals surface area contributed by atoms with Gasteiger partial charge in [0, 0.05) is 19.0 Å². The zero-order valence-corrected chi connectivity index (χ0v) is 15.1. The molecule has 1 fully saturated rings. The van der Waals surface area contributed by atoms with E-state index in [-0.39, 0.29) is 5.92 Å². The minimum absolute atomic E-state index is 0.210. The van der Waals surface area contributed by atoms with E-state index < -0.39 is 5.97 Å². The molecular formula is C23H27NO2. The van der Waals surface area contributed by atoms with Crippen LogP contribution in [0.2, 0.25) is 0 Å². The van der Waals surface area contributed by atoms with E-state index >= 15 is 0 Å². The van der Waals surface area contributed by atoms with E-state index in [1.807, 2.05) is 0 Å². The van der Waals surface area contributed by atoms with Gasteiger partial charge in [-0.3, -0.25) is 9.69 Å². The van der Waals surface area contributed by atoms with Gasteiger partial charge in [-0.15, -0.1) is 0 Å². The number of hydrogen-bond acceptors (Lipinski definition) is 2. The summed E-state index contributed by atoms with van der Waals surface area (Å²) >= 11 is 0. The van der Waals surface area contributed by atoms with Gasteiger partial charge in [0.15, 0.2) is 0 Å². The summed E-state index contributed by atoms with van der Waals surface area (Å²) in [6.07, 6.45) is 7.17. The van der Waals surface area contributed by atoms with Crippen molar-refractivity contribution in [2.24, 2.45) is 5.92 Å². The van der Waals surface area contributed by atoms with Crippen molar-refractivity contribution in [2.75, 3.05) is 19.6 Å². The Morgan fingerprint density at radius 3 is 2.23 bits per heavy atom. The number of aliphatic carboxylic acids is 1. The van der Waals surface area contributed by atoms with E-state index in [1.54, 1.807) is 0 Å². The molecule has 0 amide bonds. The number of likely N-dealkylation sites (tertiary alicyclic amines) is 1. The zero-order chi connectivity index (χ0) is 18.2. The number of carboxylic acids is 1. The van der Waals surface area contributed by atoms with E-state index in [0.29, 0.717) is 12.5 Å². The molecule has 26 heavy (non-hydrogen) atoms. The Hall–Kier alpha value is -2.39. The Kier molecular flexibility index (Phi) is 6.62. The number of carbonyl (C=O) groups is 1. The number of hydrogen-bond donors (Lipinski definition) is 1. The summed E-state index contributed by atoms with van der Waals surface area (Å²) in [4.78, 5) is 13.4. The molecule has 1 aliphatic rings. The van der Waals surface area contributed by atoms with Gasteiger partial charge in [-0.25, -0.2) is 0 Å². The van der Waals surface area contributed by atoms with Crippen molar-refractivity contribution in [1.82, 2.24) is 4.90 Å². The van der Waals surface area contributed by atoms with E-state index in [4.69, 9.17) is 0 Å². The first kappa shape index (κ1) is 18.4. The summed E-state index contributed by atoms with van der Waals surface area (Å²) < 4.78 is 0. The summed E-state index contributed by atoms with van der Waals surface area (Å²) in [6.45, 7) is 2.50. The van der Waals surface area contributed by atoms with Crippen molar-refractivity contribution in [3.63, 3.8) is 0 Å². The molecule has 136 valence electrons. The minimum Gasteiger partial charge on any atom is -0.481 e. The van der Waals surface area contributed by atoms with Crippen molar-refractivity contribution in [3.8, 4) is 0 Å². The van der Waals surface area contributed by atoms with Crippen LogP contribution in [0.4, 0.5) is 0 Å². The molecular weight excluding hydrogens is 322 g/mol. The second kappa shape index (κ2) is 9.35. The van der Waals surface area contributed by atoms with Crippen LogP contribution in [0, 0.1) is 5.92 Å². The molecule has 3 nitrogen and oxygen atoms in total. The Labute approximate surface area is 156 Å². The van der Waals surface area contributed by atoms with Crippen LogP contribution >= 0.6 is 0 Å². The highest BCUT2D eigenvalue weighted by Gasteiger charge is 2.24. The summed E-state index contributed by atoms with van der Waals surface area (Å²) in [6, 6.07) is 21.2. The van der Waals surface area contributed by atoms with E-state index in [2.05, 4.69) is 77.7 Å². The predicted octanol–water partition coefficient (Wildman–Crippen LogP) is 4.56. The van der Waals surface area contributed by atoms with Gasteiger partial charge in [0.25, 0.3) is 0 Å². The lowest BCUT2D eigenvalue weighted by atomic mass is 9.88. The van der Waals surface area contributed by atoms with Crippen LogP contribution in [0.25, 0.3) is 0 Å². The SMILES string of the molecule is O=C(O)C1CCCN(C/C=C/CC(c2ccccc2)c2ccccc2)C1. The molecule has 1 heterocycles. The molecule has 0 saturated carbocycles. The van der Waals surface area contributed by atoms with Gasteiger partial charge in [-0.2, -0.15) is 0 Å².